The molecule has 26 heavy (non-hydrogen) atoms. The third-order valence-electron chi connectivity index (χ3n) is 4.53. The molecular formula is C18H21N6OS+. The van der Waals surface area contributed by atoms with Crippen molar-refractivity contribution in [3.05, 3.63) is 65.1 Å². The number of nitrogens with zero attached hydrogens (tertiary/aromatic N) is 5. The summed E-state index contributed by atoms with van der Waals surface area (Å²) in [7, 11) is 0. The Labute approximate surface area is 156 Å². The molecule has 0 atom stereocenters. The second kappa shape index (κ2) is 7.76. The molecule has 1 saturated heterocycles. The van der Waals surface area contributed by atoms with Gasteiger partial charge in [0.2, 0.25) is 11.8 Å². The second-order valence-electron chi connectivity index (χ2n) is 6.37. The Morgan fingerprint density at radius 2 is 1.77 bits per heavy atom. The second-order valence-corrected chi connectivity index (χ2v) is 6.72. The van der Waals surface area contributed by atoms with Gasteiger partial charge >= 0.3 is 0 Å². The number of benzene rings is 1. The highest BCUT2D eigenvalue weighted by molar-refractivity contribution is 7.71. The quantitative estimate of drug-likeness (QED) is 0.676. The predicted molar refractivity (Wildman–Crippen MR) is 99.5 cm³/mol. The van der Waals surface area contributed by atoms with E-state index >= 15 is 0 Å². The fourth-order valence-corrected chi connectivity index (χ4v) is 3.34. The van der Waals surface area contributed by atoms with Gasteiger partial charge in [0.25, 0.3) is 4.84 Å². The highest BCUT2D eigenvalue weighted by Gasteiger charge is 2.22. The standard InChI is InChI=1S/C18H20N6OS/c26-18-24(21-16(25-18)13-15-5-2-1-3-6-15)14-22-9-11-23(12-10-22)17-19-7-4-8-20-17/h1-8H,9-14H2/p+1. The molecule has 1 aliphatic heterocycles. The summed E-state index contributed by atoms with van der Waals surface area (Å²) in [5.41, 5.74) is 1.17. The fraction of sp³-hybridized carbons (Fsp3) is 0.333. The lowest BCUT2D eigenvalue weighted by atomic mass is 10.2. The third-order valence-corrected chi connectivity index (χ3v) is 4.82. The van der Waals surface area contributed by atoms with Crippen LogP contribution in [-0.4, -0.2) is 45.9 Å². The number of anilines is 1. The summed E-state index contributed by atoms with van der Waals surface area (Å²) in [5, 5.41) is 4.56. The van der Waals surface area contributed by atoms with E-state index in [2.05, 4.69) is 32.1 Å². The Morgan fingerprint density at radius 3 is 2.50 bits per heavy atom. The number of nitrogens with one attached hydrogen (secondary N) is 1. The molecule has 7 nitrogen and oxygen atoms in total. The molecule has 1 aromatic carbocycles. The first-order valence-electron chi connectivity index (χ1n) is 8.74. The van der Waals surface area contributed by atoms with E-state index in [0.29, 0.717) is 17.1 Å². The first kappa shape index (κ1) is 16.9. The Kier molecular flexibility index (Phi) is 5.03. The van der Waals surface area contributed by atoms with Crippen molar-refractivity contribution < 1.29 is 9.32 Å². The van der Waals surface area contributed by atoms with E-state index in [9.17, 15) is 0 Å². The van der Waals surface area contributed by atoms with E-state index in [1.54, 1.807) is 17.1 Å². The van der Waals surface area contributed by atoms with E-state index in [1.165, 1.54) is 10.5 Å². The molecule has 1 fully saturated rings. The van der Waals surface area contributed by atoms with Gasteiger partial charge in [-0.05, 0) is 23.8 Å². The Hall–Kier alpha value is -2.58. The van der Waals surface area contributed by atoms with Gasteiger partial charge in [0.1, 0.15) is 0 Å². The number of hydrogen-bond acceptors (Lipinski definition) is 6. The molecule has 0 amide bonds. The maximum atomic E-state index is 5.67. The van der Waals surface area contributed by atoms with Crippen LogP contribution in [0, 0.1) is 4.84 Å². The average Bonchev–Trinajstić information content (AvgIpc) is 3.03. The van der Waals surface area contributed by atoms with Gasteiger partial charge in [-0.25, -0.2) is 9.97 Å². The maximum absolute atomic E-state index is 5.67. The van der Waals surface area contributed by atoms with Crippen LogP contribution in [0.5, 0.6) is 0 Å². The Bertz CT molecular complexity index is 887. The van der Waals surface area contributed by atoms with Crippen molar-refractivity contribution >= 4 is 18.2 Å². The summed E-state index contributed by atoms with van der Waals surface area (Å²) in [5.74, 6) is 1.46. The highest BCUT2D eigenvalue weighted by atomic mass is 32.1. The molecule has 3 aromatic rings. The summed E-state index contributed by atoms with van der Waals surface area (Å²) in [6.07, 6.45) is 4.22. The topological polar surface area (TPSA) is 64.4 Å². The summed E-state index contributed by atoms with van der Waals surface area (Å²) < 4.78 is 7.48. The number of rotatable bonds is 5. The average molecular weight is 369 g/mol. The maximum Gasteiger partial charge on any atom is 0.291 e. The number of quaternary nitrogens is 1. The normalized spacial score (nSPS) is 15.3. The molecule has 3 heterocycles. The van der Waals surface area contributed by atoms with Crippen molar-refractivity contribution in [3.63, 3.8) is 0 Å². The van der Waals surface area contributed by atoms with Crippen LogP contribution in [0.4, 0.5) is 5.95 Å². The zero-order valence-electron chi connectivity index (χ0n) is 14.4. The molecule has 1 aliphatic rings. The molecule has 0 saturated carbocycles. The molecule has 0 radical (unpaired) electrons. The zero-order valence-corrected chi connectivity index (χ0v) is 15.2. The molecule has 0 aliphatic carbocycles. The molecule has 0 bridgehead atoms. The molecule has 1 N–H and O–H groups in total. The lowest BCUT2D eigenvalue weighted by Crippen LogP contribution is -3.14. The van der Waals surface area contributed by atoms with Crippen LogP contribution in [-0.2, 0) is 13.1 Å². The van der Waals surface area contributed by atoms with E-state index in [1.807, 2.05) is 24.3 Å². The minimum Gasteiger partial charge on any atom is -0.413 e. The van der Waals surface area contributed by atoms with Crippen LogP contribution in [0.1, 0.15) is 11.5 Å². The molecule has 4 rings (SSSR count). The van der Waals surface area contributed by atoms with Crippen molar-refractivity contribution in [2.75, 3.05) is 31.1 Å². The lowest BCUT2D eigenvalue weighted by molar-refractivity contribution is -0.924. The number of aromatic nitrogens is 4. The molecule has 8 heteroatoms. The zero-order chi connectivity index (χ0) is 17.8. The van der Waals surface area contributed by atoms with Crippen LogP contribution in [0.15, 0.2) is 53.2 Å². The van der Waals surface area contributed by atoms with E-state index in [-0.39, 0.29) is 0 Å². The molecule has 2 aromatic heterocycles. The van der Waals surface area contributed by atoms with Gasteiger partial charge in [-0.1, -0.05) is 30.3 Å². The van der Waals surface area contributed by atoms with Gasteiger partial charge in [-0.15, -0.1) is 5.10 Å². The fourth-order valence-electron chi connectivity index (χ4n) is 3.14. The van der Waals surface area contributed by atoms with Gasteiger partial charge in [0.15, 0.2) is 6.67 Å². The number of piperazine rings is 1. The first-order chi connectivity index (χ1) is 12.8. The minimum atomic E-state index is 0.442. The van der Waals surface area contributed by atoms with Gasteiger partial charge < -0.3 is 14.2 Å². The van der Waals surface area contributed by atoms with Gasteiger partial charge in [-0.2, -0.15) is 4.68 Å². The van der Waals surface area contributed by atoms with Crippen LogP contribution in [0.2, 0.25) is 0 Å². The highest BCUT2D eigenvalue weighted by Crippen LogP contribution is 2.08. The van der Waals surface area contributed by atoms with Crippen molar-refractivity contribution in [1.82, 2.24) is 19.7 Å². The van der Waals surface area contributed by atoms with Crippen molar-refractivity contribution in [2.24, 2.45) is 0 Å². The van der Waals surface area contributed by atoms with E-state index in [0.717, 1.165) is 38.8 Å². The molecule has 134 valence electrons. The Balaban J connectivity index is 1.36. The summed E-state index contributed by atoms with van der Waals surface area (Å²) in [6, 6.07) is 12.0. The third kappa shape index (κ3) is 3.97. The van der Waals surface area contributed by atoms with Crippen molar-refractivity contribution in [1.29, 1.82) is 0 Å². The van der Waals surface area contributed by atoms with Crippen molar-refractivity contribution in [3.8, 4) is 0 Å². The minimum absolute atomic E-state index is 0.442. The molecule has 0 spiro atoms. The predicted octanol–water partition coefficient (Wildman–Crippen LogP) is 0.949. The molecule has 0 unspecified atom stereocenters. The van der Waals surface area contributed by atoms with Crippen LogP contribution < -0.4 is 9.80 Å². The monoisotopic (exact) mass is 369 g/mol. The van der Waals surface area contributed by atoms with E-state index in [4.69, 9.17) is 16.6 Å². The largest absolute Gasteiger partial charge is 0.413 e. The summed E-state index contributed by atoms with van der Waals surface area (Å²) >= 11 is 5.35. The van der Waals surface area contributed by atoms with E-state index < -0.39 is 0 Å². The first-order valence-corrected chi connectivity index (χ1v) is 9.15. The number of hydrogen-bond donors (Lipinski definition) is 1. The van der Waals surface area contributed by atoms with Crippen molar-refractivity contribution in [2.45, 2.75) is 13.1 Å². The smallest absolute Gasteiger partial charge is 0.291 e. The summed E-state index contributed by atoms with van der Waals surface area (Å²) in [6.45, 7) is 4.53. The summed E-state index contributed by atoms with van der Waals surface area (Å²) in [4.78, 5) is 12.7. The van der Waals surface area contributed by atoms with Crippen LogP contribution in [0.3, 0.4) is 0 Å². The Morgan fingerprint density at radius 1 is 1.04 bits per heavy atom. The van der Waals surface area contributed by atoms with Gasteiger partial charge in [0, 0.05) is 12.4 Å². The van der Waals surface area contributed by atoms with Gasteiger partial charge in [0.05, 0.1) is 32.6 Å². The lowest BCUT2D eigenvalue weighted by Gasteiger charge is -2.31. The molecular weight excluding hydrogens is 348 g/mol. The van der Waals surface area contributed by atoms with Crippen LogP contribution in [0.25, 0.3) is 0 Å². The van der Waals surface area contributed by atoms with Crippen LogP contribution >= 0.6 is 12.2 Å². The SMILES string of the molecule is S=c1oc(Cc2ccccc2)nn1C[NH+]1CCN(c2ncccn2)CC1. The van der Waals surface area contributed by atoms with Gasteiger partial charge in [-0.3, -0.25) is 0 Å².